The second-order valence-corrected chi connectivity index (χ2v) is 21.6. The Balaban J connectivity index is 0.000000110. The highest BCUT2D eigenvalue weighted by Gasteiger charge is 2.38. The Morgan fingerprint density at radius 3 is 1.22 bits per heavy atom. The fraction of sp³-hybridized carbons (Fsp3) is 0.286. The van der Waals surface area contributed by atoms with Crippen molar-refractivity contribution in [3.05, 3.63) is 91.8 Å². The summed E-state index contributed by atoms with van der Waals surface area (Å²) in [7, 11) is 2.19. The molecule has 0 spiro atoms. The highest BCUT2D eigenvalue weighted by atomic mass is 16.3. The molecule has 0 atom stereocenters. The first-order valence-electron chi connectivity index (χ1n) is 26.8. The maximum Gasteiger partial charge on any atom is 0.164 e. The van der Waals surface area contributed by atoms with Crippen LogP contribution in [0, 0.1) is 0 Å². The SMILES string of the molecule is CN1CCN(C2CC(n3nc(-c4cc5cc(O)ccc5[nH]4)c4c(N)ncnc43)C2)CC1.Nc1ncnc2c1c(-c1cc3cc(O)ccc3[nH]1)nn2C1CC(=O)C1.Nc1ncnc2c1c(-c1cc3cc(O)ccc3[nH]1)nn2C1CC(O)C1. The van der Waals surface area contributed by atoms with Crippen molar-refractivity contribution in [3.8, 4) is 51.4 Å². The van der Waals surface area contributed by atoms with E-state index in [1.54, 1.807) is 47.1 Å². The molecule has 16 rings (SSSR count). The van der Waals surface area contributed by atoms with Crippen LogP contribution in [0.5, 0.6) is 17.2 Å². The molecule has 0 unspecified atom stereocenters. The van der Waals surface area contributed by atoms with Crippen LogP contribution in [0.1, 0.15) is 56.7 Å². The Morgan fingerprint density at radius 1 is 0.481 bits per heavy atom. The molecular formula is C56H56N20O5. The lowest BCUT2D eigenvalue weighted by Crippen LogP contribution is -2.53. The number of H-pyrrole nitrogens is 3. The number of anilines is 3. The number of nitrogens with zero attached hydrogens (tertiary/aromatic N) is 14. The van der Waals surface area contributed by atoms with Gasteiger partial charge >= 0.3 is 0 Å². The minimum Gasteiger partial charge on any atom is -0.508 e. The number of phenolic OH excluding ortho intramolecular Hbond substituents is 3. The molecule has 410 valence electrons. The van der Waals surface area contributed by atoms with Gasteiger partial charge in [0, 0.05) is 77.8 Å². The molecular weight excluding hydrogens is 1030 g/mol. The Bertz CT molecular complexity index is 4410. The molecule has 12 aromatic rings. The number of hydrogen-bond acceptors (Lipinski definition) is 19. The zero-order valence-corrected chi connectivity index (χ0v) is 43.8. The zero-order valence-electron chi connectivity index (χ0n) is 43.8. The van der Waals surface area contributed by atoms with Gasteiger partial charge in [-0.15, -0.1) is 0 Å². The monoisotopic (exact) mass is 1090 g/mol. The summed E-state index contributed by atoms with van der Waals surface area (Å²) in [5.74, 6) is 2.01. The zero-order chi connectivity index (χ0) is 55.4. The van der Waals surface area contributed by atoms with Crippen molar-refractivity contribution in [2.75, 3.05) is 50.4 Å². The molecule has 9 aromatic heterocycles. The standard InChI is InChI=1S/C22H26N8O.C17H16N6O2.C17H14N6O2/c1-28-4-6-29(7-5-28)14-10-15(11-14)30-22-19(21(23)24-12-25-22)20(27-30)18-9-13-8-16(31)2-3-17(13)26-18;2*18-16-14-15(13-4-8-3-10(24)1-2-12(8)21-13)22-23(9-5-11(25)6-9)17(14)20-7-19-16/h2-3,8-9,12,14-15,26,31H,4-7,10-11H2,1H3,(H2,23,24,25);1-4,7,9,11,21,24-25H,5-6H2,(H2,18,19,20);1-4,7,9,21,24H,5-6H2,(H2,18,19,20). The molecule has 3 aromatic carbocycles. The molecule has 4 aliphatic rings. The quantitative estimate of drug-likeness (QED) is 0.0832. The molecule has 10 heterocycles. The Morgan fingerprint density at radius 2 is 0.852 bits per heavy atom. The van der Waals surface area contributed by atoms with Crippen molar-refractivity contribution < 1.29 is 25.2 Å². The minimum absolute atomic E-state index is 0.00599. The number of aromatic nitrogens is 15. The third-order valence-electron chi connectivity index (χ3n) is 16.3. The van der Waals surface area contributed by atoms with Gasteiger partial charge in [-0.25, -0.2) is 43.9 Å². The summed E-state index contributed by atoms with van der Waals surface area (Å²) >= 11 is 0. The van der Waals surface area contributed by atoms with Crippen LogP contribution in [0.25, 0.3) is 100.0 Å². The maximum atomic E-state index is 11.4. The minimum atomic E-state index is -0.289. The summed E-state index contributed by atoms with van der Waals surface area (Å²) in [5.41, 5.74) is 27.7. The number of aromatic amines is 3. The molecule has 25 nitrogen and oxygen atoms in total. The Hall–Kier alpha value is -9.72. The van der Waals surface area contributed by atoms with Gasteiger partial charge in [-0.2, -0.15) is 15.3 Å². The number of fused-ring (bicyclic) bond motifs is 6. The van der Waals surface area contributed by atoms with Crippen molar-refractivity contribution in [3.63, 3.8) is 0 Å². The molecule has 13 N–H and O–H groups in total. The molecule has 4 fully saturated rings. The van der Waals surface area contributed by atoms with Crippen molar-refractivity contribution in [2.45, 2.75) is 68.8 Å². The van der Waals surface area contributed by atoms with Crippen LogP contribution in [0.2, 0.25) is 0 Å². The van der Waals surface area contributed by atoms with E-state index in [0.717, 1.165) is 106 Å². The summed E-state index contributed by atoms with van der Waals surface area (Å²) in [6, 6.07) is 22.3. The van der Waals surface area contributed by atoms with Gasteiger partial charge in [0.25, 0.3) is 0 Å². The molecule has 81 heavy (non-hydrogen) atoms. The first-order valence-corrected chi connectivity index (χ1v) is 26.8. The number of Topliss-reactive ketones (excluding diaryl/α,β-unsaturated/α-hetero) is 1. The average molecular weight is 1090 g/mol. The van der Waals surface area contributed by atoms with Gasteiger partial charge in [0.05, 0.1) is 57.5 Å². The number of nitrogens with one attached hydrogen (secondary N) is 3. The molecule has 1 saturated heterocycles. The topological polar surface area (TPSA) is 361 Å². The van der Waals surface area contributed by atoms with Crippen molar-refractivity contribution in [1.82, 2.24) is 84.0 Å². The third-order valence-corrected chi connectivity index (χ3v) is 16.3. The van der Waals surface area contributed by atoms with E-state index in [1.165, 1.54) is 19.0 Å². The number of aromatic hydroxyl groups is 3. The fourth-order valence-electron chi connectivity index (χ4n) is 11.7. The summed E-state index contributed by atoms with van der Waals surface area (Å²) in [4.78, 5) is 52.0. The van der Waals surface area contributed by atoms with Gasteiger partial charge in [-0.1, -0.05) is 0 Å². The van der Waals surface area contributed by atoms with Gasteiger partial charge in [0.2, 0.25) is 0 Å². The fourth-order valence-corrected chi connectivity index (χ4v) is 11.7. The Labute approximate surface area is 459 Å². The predicted molar refractivity (Wildman–Crippen MR) is 305 cm³/mol. The van der Waals surface area contributed by atoms with Crippen LogP contribution < -0.4 is 17.2 Å². The molecule has 0 bridgehead atoms. The van der Waals surface area contributed by atoms with Crippen LogP contribution >= 0.6 is 0 Å². The number of carbonyl (C=O) groups is 1. The number of rotatable bonds is 7. The van der Waals surface area contributed by atoms with E-state index in [-0.39, 0.29) is 41.2 Å². The van der Waals surface area contributed by atoms with Crippen LogP contribution in [0.3, 0.4) is 0 Å². The number of hydrogen-bond donors (Lipinski definition) is 10. The first-order chi connectivity index (χ1) is 39.3. The largest absolute Gasteiger partial charge is 0.508 e. The second-order valence-electron chi connectivity index (χ2n) is 21.6. The highest BCUT2D eigenvalue weighted by molar-refractivity contribution is 6.03. The van der Waals surface area contributed by atoms with Crippen molar-refractivity contribution in [2.24, 2.45) is 0 Å². The van der Waals surface area contributed by atoms with E-state index in [1.807, 2.05) is 39.7 Å². The predicted octanol–water partition coefficient (Wildman–Crippen LogP) is 6.34. The van der Waals surface area contributed by atoms with E-state index in [0.29, 0.717) is 88.7 Å². The summed E-state index contributed by atoms with van der Waals surface area (Å²) in [6.07, 6.45) is 8.43. The molecule has 25 heteroatoms. The lowest BCUT2D eigenvalue weighted by molar-refractivity contribution is -0.126. The number of nitrogens with two attached hydrogens (primary N) is 3. The van der Waals surface area contributed by atoms with Crippen LogP contribution in [0.15, 0.2) is 91.8 Å². The molecule has 3 aliphatic carbocycles. The van der Waals surface area contributed by atoms with Crippen molar-refractivity contribution >= 4 is 89.0 Å². The highest BCUT2D eigenvalue weighted by Crippen LogP contribution is 2.43. The van der Waals surface area contributed by atoms with Crippen LogP contribution in [0.4, 0.5) is 17.5 Å². The van der Waals surface area contributed by atoms with Gasteiger partial charge in [-0.05, 0) is 106 Å². The van der Waals surface area contributed by atoms with Crippen molar-refractivity contribution in [1.29, 1.82) is 0 Å². The van der Waals surface area contributed by atoms with Crippen LogP contribution in [-0.4, -0.2) is 156 Å². The van der Waals surface area contributed by atoms with E-state index >= 15 is 0 Å². The van der Waals surface area contributed by atoms with E-state index in [4.69, 9.17) is 27.4 Å². The van der Waals surface area contributed by atoms with E-state index in [2.05, 4.69) is 66.8 Å². The number of piperazine rings is 1. The number of phenols is 3. The number of carbonyl (C=O) groups excluding carboxylic acids is 1. The molecule has 0 radical (unpaired) electrons. The number of benzene rings is 3. The Kier molecular flexibility index (Phi) is 11.8. The lowest BCUT2D eigenvalue weighted by atomic mass is 9.85. The van der Waals surface area contributed by atoms with Crippen LogP contribution in [-0.2, 0) is 4.79 Å². The normalized spacial score (nSPS) is 19.7. The number of aliphatic hydroxyl groups excluding tert-OH is 1. The second kappa shape index (κ2) is 19.3. The molecule has 3 saturated carbocycles. The summed E-state index contributed by atoms with van der Waals surface area (Å²) in [5, 5.41) is 57.9. The number of likely N-dealkylation sites (N-methyl/N-ethyl adjacent to an activating group) is 1. The van der Waals surface area contributed by atoms with E-state index in [9.17, 15) is 25.2 Å². The van der Waals surface area contributed by atoms with Gasteiger partial charge in [0.15, 0.2) is 16.9 Å². The van der Waals surface area contributed by atoms with Gasteiger partial charge < -0.3 is 57.5 Å². The number of ketones is 1. The molecule has 1 aliphatic heterocycles. The maximum absolute atomic E-state index is 11.4. The average Bonchev–Trinajstić information content (AvgIpc) is 3.65. The van der Waals surface area contributed by atoms with Gasteiger partial charge in [-0.3, -0.25) is 9.69 Å². The number of nitrogen functional groups attached to an aromatic ring is 3. The van der Waals surface area contributed by atoms with E-state index < -0.39 is 0 Å². The first kappa shape index (κ1) is 49.6. The van der Waals surface area contributed by atoms with Gasteiger partial charge in [0.1, 0.15) is 76.5 Å². The summed E-state index contributed by atoms with van der Waals surface area (Å²) < 4.78 is 5.64. The number of aliphatic hydroxyl groups is 1. The lowest BCUT2D eigenvalue weighted by Gasteiger charge is -2.45. The third kappa shape index (κ3) is 8.77. The molecule has 0 amide bonds. The smallest absolute Gasteiger partial charge is 0.164 e. The summed E-state index contributed by atoms with van der Waals surface area (Å²) in [6.45, 7) is 4.54.